The molecule has 1 aromatic carbocycles. The molecule has 2 rings (SSSR count). The predicted octanol–water partition coefficient (Wildman–Crippen LogP) is 1.71. The lowest BCUT2D eigenvalue weighted by Crippen LogP contribution is -2.27. The molecular weight excluding hydrogens is 266 g/mol. The molecule has 1 saturated heterocycles. The van der Waals surface area contributed by atoms with Crippen molar-refractivity contribution in [2.45, 2.75) is 25.3 Å². The van der Waals surface area contributed by atoms with Crippen molar-refractivity contribution in [3.63, 3.8) is 0 Å². The summed E-state index contributed by atoms with van der Waals surface area (Å²) in [5.41, 5.74) is 0.792. The molecule has 1 fully saturated rings. The maximum absolute atomic E-state index is 12.0. The number of benzene rings is 1. The van der Waals surface area contributed by atoms with Gasteiger partial charge in [0.2, 0.25) is 5.91 Å². The molecule has 1 amide bonds. The summed E-state index contributed by atoms with van der Waals surface area (Å²) in [6.45, 7) is 2.52. The Morgan fingerprint density at radius 3 is 3.05 bits per heavy atom. The van der Waals surface area contributed by atoms with Crippen LogP contribution in [0.5, 0.6) is 5.75 Å². The molecule has 5 heteroatoms. The summed E-state index contributed by atoms with van der Waals surface area (Å²) in [7, 11) is 4.02. The summed E-state index contributed by atoms with van der Waals surface area (Å²) in [5.74, 6) is 0.841. The standard InChI is InChI=1S/C16H25N3O2/c1-19(2)9-10-21-15-7-3-5-14(11-15)18-16(20)12-13-6-4-8-17-13/h3,5,7,11,13,17H,4,6,8-10,12H2,1-2H3,(H,18,20). The lowest BCUT2D eigenvalue weighted by atomic mass is 10.1. The van der Waals surface area contributed by atoms with E-state index in [1.165, 1.54) is 0 Å². The summed E-state index contributed by atoms with van der Waals surface area (Å²) >= 11 is 0. The van der Waals surface area contributed by atoms with Crippen LogP contribution in [0.15, 0.2) is 24.3 Å². The summed E-state index contributed by atoms with van der Waals surface area (Å²) in [4.78, 5) is 14.1. The van der Waals surface area contributed by atoms with Gasteiger partial charge >= 0.3 is 0 Å². The topological polar surface area (TPSA) is 53.6 Å². The van der Waals surface area contributed by atoms with Crippen LogP contribution in [0.1, 0.15) is 19.3 Å². The normalized spacial score (nSPS) is 18.0. The van der Waals surface area contributed by atoms with E-state index in [1.54, 1.807) is 0 Å². The van der Waals surface area contributed by atoms with Gasteiger partial charge < -0.3 is 20.3 Å². The van der Waals surface area contributed by atoms with Crippen molar-refractivity contribution >= 4 is 11.6 Å². The van der Waals surface area contributed by atoms with Crippen LogP contribution in [-0.2, 0) is 4.79 Å². The van der Waals surface area contributed by atoms with Gasteiger partial charge in [-0.1, -0.05) is 6.07 Å². The first kappa shape index (κ1) is 15.8. The first-order valence-electron chi connectivity index (χ1n) is 7.54. The molecule has 21 heavy (non-hydrogen) atoms. The minimum atomic E-state index is 0.0554. The van der Waals surface area contributed by atoms with Gasteiger partial charge in [-0.25, -0.2) is 0 Å². The van der Waals surface area contributed by atoms with Crippen LogP contribution in [0.25, 0.3) is 0 Å². The molecule has 1 atom stereocenters. The second-order valence-electron chi connectivity index (χ2n) is 5.73. The zero-order valence-electron chi connectivity index (χ0n) is 12.9. The van der Waals surface area contributed by atoms with Crippen LogP contribution in [0.3, 0.4) is 0 Å². The van der Waals surface area contributed by atoms with Crippen molar-refractivity contribution in [1.29, 1.82) is 0 Å². The molecule has 1 aromatic rings. The van der Waals surface area contributed by atoms with Gasteiger partial charge in [0, 0.05) is 30.8 Å². The zero-order valence-corrected chi connectivity index (χ0v) is 12.9. The SMILES string of the molecule is CN(C)CCOc1cccc(NC(=O)CC2CCCN2)c1. The molecule has 1 aliphatic heterocycles. The number of amides is 1. The fourth-order valence-corrected chi connectivity index (χ4v) is 2.38. The number of likely N-dealkylation sites (N-methyl/N-ethyl adjacent to an activating group) is 1. The largest absolute Gasteiger partial charge is 0.492 e. The van der Waals surface area contributed by atoms with E-state index in [0.29, 0.717) is 19.1 Å². The van der Waals surface area contributed by atoms with Gasteiger partial charge in [0.1, 0.15) is 12.4 Å². The molecule has 0 aliphatic carbocycles. The Hall–Kier alpha value is -1.59. The van der Waals surface area contributed by atoms with Gasteiger partial charge in [0.15, 0.2) is 0 Å². The second-order valence-corrected chi connectivity index (χ2v) is 5.73. The third kappa shape index (κ3) is 5.73. The molecule has 116 valence electrons. The molecule has 2 N–H and O–H groups in total. The van der Waals surface area contributed by atoms with Crippen LogP contribution < -0.4 is 15.4 Å². The molecule has 0 bridgehead atoms. The monoisotopic (exact) mass is 291 g/mol. The third-order valence-electron chi connectivity index (χ3n) is 3.52. The zero-order chi connectivity index (χ0) is 15.1. The first-order chi connectivity index (χ1) is 10.1. The van der Waals surface area contributed by atoms with E-state index < -0.39 is 0 Å². The number of anilines is 1. The highest BCUT2D eigenvalue weighted by molar-refractivity contribution is 5.91. The van der Waals surface area contributed by atoms with Crippen molar-refractivity contribution in [3.8, 4) is 5.75 Å². The number of nitrogens with one attached hydrogen (secondary N) is 2. The number of rotatable bonds is 7. The van der Waals surface area contributed by atoms with Crippen LogP contribution in [0, 0.1) is 0 Å². The van der Waals surface area contributed by atoms with Crippen molar-refractivity contribution < 1.29 is 9.53 Å². The summed E-state index contributed by atoms with van der Waals surface area (Å²) < 4.78 is 5.67. The Labute approximate surface area is 126 Å². The van der Waals surface area contributed by atoms with Crippen molar-refractivity contribution in [2.75, 3.05) is 39.1 Å². The van der Waals surface area contributed by atoms with Crippen LogP contribution in [-0.4, -0.2) is 50.6 Å². The molecule has 1 heterocycles. The molecule has 1 unspecified atom stereocenters. The van der Waals surface area contributed by atoms with Gasteiger partial charge in [-0.2, -0.15) is 0 Å². The van der Waals surface area contributed by atoms with Crippen molar-refractivity contribution in [2.24, 2.45) is 0 Å². The van der Waals surface area contributed by atoms with Gasteiger partial charge in [-0.15, -0.1) is 0 Å². The van der Waals surface area contributed by atoms with Gasteiger partial charge in [-0.05, 0) is 45.6 Å². The van der Waals surface area contributed by atoms with Gasteiger partial charge in [0.05, 0.1) is 0 Å². The quantitative estimate of drug-likeness (QED) is 0.803. The fourth-order valence-electron chi connectivity index (χ4n) is 2.38. The Kier molecular flexibility index (Phi) is 6.02. The molecule has 1 aliphatic rings. The Morgan fingerprint density at radius 1 is 1.48 bits per heavy atom. The predicted molar refractivity (Wildman–Crippen MR) is 84.8 cm³/mol. The highest BCUT2D eigenvalue weighted by Gasteiger charge is 2.17. The lowest BCUT2D eigenvalue weighted by molar-refractivity contribution is -0.116. The van der Waals surface area contributed by atoms with Crippen LogP contribution in [0.2, 0.25) is 0 Å². The smallest absolute Gasteiger partial charge is 0.225 e. The average molecular weight is 291 g/mol. The first-order valence-corrected chi connectivity index (χ1v) is 7.54. The van der Waals surface area contributed by atoms with E-state index in [1.807, 2.05) is 38.4 Å². The Bertz CT molecular complexity index is 457. The summed E-state index contributed by atoms with van der Waals surface area (Å²) in [5, 5.41) is 6.27. The van der Waals surface area contributed by atoms with E-state index >= 15 is 0 Å². The maximum atomic E-state index is 12.0. The highest BCUT2D eigenvalue weighted by Crippen LogP contribution is 2.18. The van der Waals surface area contributed by atoms with Crippen LogP contribution >= 0.6 is 0 Å². The fraction of sp³-hybridized carbons (Fsp3) is 0.562. The number of carbonyl (C=O) groups is 1. The average Bonchev–Trinajstić information content (AvgIpc) is 2.91. The van der Waals surface area contributed by atoms with E-state index in [9.17, 15) is 4.79 Å². The molecule has 0 radical (unpaired) electrons. The summed E-state index contributed by atoms with van der Waals surface area (Å²) in [6, 6.07) is 7.89. The van der Waals surface area contributed by atoms with Crippen molar-refractivity contribution in [3.05, 3.63) is 24.3 Å². The maximum Gasteiger partial charge on any atom is 0.225 e. The molecule has 5 nitrogen and oxygen atoms in total. The van der Waals surface area contributed by atoms with Crippen molar-refractivity contribution in [1.82, 2.24) is 10.2 Å². The molecule has 0 aromatic heterocycles. The van der Waals surface area contributed by atoms with Crippen LogP contribution in [0.4, 0.5) is 5.69 Å². The Balaban J connectivity index is 1.80. The number of hydrogen-bond acceptors (Lipinski definition) is 4. The van der Waals surface area contributed by atoms with Gasteiger partial charge in [0.25, 0.3) is 0 Å². The summed E-state index contributed by atoms with van der Waals surface area (Å²) in [6.07, 6.45) is 2.78. The lowest BCUT2D eigenvalue weighted by Gasteiger charge is -2.13. The number of ether oxygens (including phenoxy) is 1. The van der Waals surface area contributed by atoms with E-state index in [-0.39, 0.29) is 5.91 Å². The Morgan fingerprint density at radius 2 is 2.33 bits per heavy atom. The van der Waals surface area contributed by atoms with E-state index in [0.717, 1.165) is 37.4 Å². The van der Waals surface area contributed by atoms with Gasteiger partial charge in [-0.3, -0.25) is 4.79 Å². The second kappa shape index (κ2) is 8.00. The molecule has 0 saturated carbocycles. The van der Waals surface area contributed by atoms with E-state index in [4.69, 9.17) is 4.74 Å². The number of nitrogens with zero attached hydrogens (tertiary/aromatic N) is 1. The third-order valence-corrected chi connectivity index (χ3v) is 3.52. The molecular formula is C16H25N3O2. The number of hydrogen-bond donors (Lipinski definition) is 2. The highest BCUT2D eigenvalue weighted by atomic mass is 16.5. The van der Waals surface area contributed by atoms with E-state index in [2.05, 4.69) is 15.5 Å². The minimum Gasteiger partial charge on any atom is -0.492 e. The number of carbonyl (C=O) groups excluding carboxylic acids is 1. The molecule has 0 spiro atoms. The minimum absolute atomic E-state index is 0.0554.